The van der Waals surface area contributed by atoms with E-state index in [0.717, 1.165) is 11.4 Å². The van der Waals surface area contributed by atoms with Crippen LogP contribution in [-0.2, 0) is 4.79 Å². The Morgan fingerprint density at radius 1 is 1.06 bits per heavy atom. The Hall–Kier alpha value is -3.23. The van der Waals surface area contributed by atoms with Crippen LogP contribution in [0.3, 0.4) is 0 Å². The van der Waals surface area contributed by atoms with Gasteiger partial charge in [0.15, 0.2) is 10.9 Å². The minimum atomic E-state index is -0.274. The Morgan fingerprint density at radius 2 is 1.84 bits per heavy atom. The average Bonchev–Trinajstić information content (AvgIpc) is 3.16. The molecule has 4 aromatic rings. The number of aromatic nitrogens is 4. The molecule has 2 heterocycles. The first-order valence-corrected chi connectivity index (χ1v) is 10.8. The fourth-order valence-corrected chi connectivity index (χ4v) is 4.13. The Labute approximate surface area is 187 Å². The normalized spacial score (nSPS) is 10.9. The zero-order chi connectivity index (χ0) is 22.0. The lowest BCUT2D eigenvalue weighted by atomic mass is 10.0. The smallest absolute Gasteiger partial charge is 0.256 e. The molecule has 2 aromatic heterocycles. The molecule has 0 saturated heterocycles. The molecule has 0 saturated carbocycles. The molecule has 0 aliphatic carbocycles. The lowest BCUT2D eigenvalue weighted by Crippen LogP contribution is -2.17. The third kappa shape index (κ3) is 4.60. The molecular weight excluding hydrogens is 434 g/mol. The number of fused-ring (bicyclic) bond motifs is 1. The van der Waals surface area contributed by atoms with E-state index in [1.54, 1.807) is 46.9 Å². The average molecular weight is 452 g/mol. The number of carbonyl (C=O) groups is 2. The highest BCUT2D eigenvalue weighted by Gasteiger charge is 2.17. The maximum Gasteiger partial charge on any atom is 0.256 e. The molecule has 4 rings (SSSR count). The van der Waals surface area contributed by atoms with Crippen LogP contribution in [0, 0.1) is 13.8 Å². The van der Waals surface area contributed by atoms with Crippen LogP contribution in [0.2, 0.25) is 5.02 Å². The second-order valence-electron chi connectivity index (χ2n) is 6.88. The molecule has 0 aliphatic rings. The molecule has 1 N–H and O–H groups in total. The number of carbonyl (C=O) groups excluding carboxylic acids is 2. The molecule has 9 heteroatoms. The molecule has 2 aromatic carbocycles. The van der Waals surface area contributed by atoms with Gasteiger partial charge in [-0.3, -0.25) is 14.0 Å². The molecule has 7 nitrogen and oxygen atoms in total. The Kier molecular flexibility index (Phi) is 6.01. The van der Waals surface area contributed by atoms with Crippen molar-refractivity contribution in [2.24, 2.45) is 0 Å². The monoisotopic (exact) mass is 451 g/mol. The number of hydrogen-bond donors (Lipinski definition) is 1. The number of anilines is 1. The zero-order valence-corrected chi connectivity index (χ0v) is 18.4. The van der Waals surface area contributed by atoms with Gasteiger partial charge in [-0.05, 0) is 38.1 Å². The van der Waals surface area contributed by atoms with Crippen LogP contribution in [0.25, 0.3) is 5.78 Å². The number of hydrogen-bond acceptors (Lipinski definition) is 6. The minimum absolute atomic E-state index is 0.0930. The molecule has 31 heavy (non-hydrogen) atoms. The largest absolute Gasteiger partial charge is 0.325 e. The van der Waals surface area contributed by atoms with Crippen LogP contribution in [0.5, 0.6) is 0 Å². The van der Waals surface area contributed by atoms with Gasteiger partial charge in [-0.25, -0.2) is 4.98 Å². The van der Waals surface area contributed by atoms with Crippen molar-refractivity contribution in [3.05, 3.63) is 82.1 Å². The van der Waals surface area contributed by atoms with E-state index in [1.165, 1.54) is 11.8 Å². The van der Waals surface area contributed by atoms with E-state index >= 15 is 0 Å². The van der Waals surface area contributed by atoms with E-state index in [2.05, 4.69) is 20.5 Å². The summed E-state index contributed by atoms with van der Waals surface area (Å²) in [5.41, 5.74) is 3.04. The van der Waals surface area contributed by atoms with E-state index in [-0.39, 0.29) is 17.4 Å². The number of ketones is 1. The summed E-state index contributed by atoms with van der Waals surface area (Å²) in [5.74, 6) is 0.0970. The maximum atomic E-state index is 12.9. The number of benzene rings is 2. The first kappa shape index (κ1) is 21.0. The van der Waals surface area contributed by atoms with Gasteiger partial charge in [0, 0.05) is 27.5 Å². The van der Waals surface area contributed by atoms with E-state index in [1.807, 2.05) is 26.0 Å². The summed E-state index contributed by atoms with van der Waals surface area (Å²) >= 11 is 7.35. The highest BCUT2D eigenvalue weighted by molar-refractivity contribution is 7.99. The number of nitrogens with one attached hydrogen (secondary N) is 1. The van der Waals surface area contributed by atoms with E-state index < -0.39 is 0 Å². The lowest BCUT2D eigenvalue weighted by Gasteiger charge is -2.11. The van der Waals surface area contributed by atoms with Gasteiger partial charge in [-0.2, -0.15) is 0 Å². The van der Waals surface area contributed by atoms with Crippen LogP contribution in [0.4, 0.5) is 5.69 Å². The van der Waals surface area contributed by atoms with Gasteiger partial charge in [-0.15, -0.1) is 10.2 Å². The molecule has 0 spiro atoms. The number of rotatable bonds is 6. The molecule has 0 atom stereocenters. The van der Waals surface area contributed by atoms with Crippen molar-refractivity contribution in [1.82, 2.24) is 19.6 Å². The Bertz CT molecular complexity index is 1290. The third-order valence-corrected chi connectivity index (χ3v) is 5.70. The molecule has 0 bridgehead atoms. The predicted molar refractivity (Wildman–Crippen MR) is 121 cm³/mol. The van der Waals surface area contributed by atoms with Crippen molar-refractivity contribution in [3.8, 4) is 0 Å². The highest BCUT2D eigenvalue weighted by Crippen LogP contribution is 2.25. The highest BCUT2D eigenvalue weighted by atomic mass is 35.5. The van der Waals surface area contributed by atoms with Crippen LogP contribution in [-0.4, -0.2) is 37.0 Å². The molecule has 156 valence electrons. The van der Waals surface area contributed by atoms with E-state index in [4.69, 9.17) is 11.6 Å². The molecule has 0 fully saturated rings. The summed E-state index contributed by atoms with van der Waals surface area (Å²) in [6.07, 6.45) is 0. The van der Waals surface area contributed by atoms with Crippen molar-refractivity contribution in [2.75, 3.05) is 11.1 Å². The van der Waals surface area contributed by atoms with E-state index in [9.17, 15) is 9.59 Å². The van der Waals surface area contributed by atoms with Gasteiger partial charge in [0.1, 0.15) is 0 Å². The van der Waals surface area contributed by atoms with Crippen LogP contribution in [0.15, 0.2) is 59.8 Å². The third-order valence-electron chi connectivity index (χ3n) is 4.53. The summed E-state index contributed by atoms with van der Waals surface area (Å²) in [7, 11) is 0. The summed E-state index contributed by atoms with van der Waals surface area (Å²) in [5, 5.41) is 12.0. The van der Waals surface area contributed by atoms with Crippen molar-refractivity contribution in [1.29, 1.82) is 0 Å². The maximum absolute atomic E-state index is 12.9. The summed E-state index contributed by atoms with van der Waals surface area (Å²) in [6, 6.07) is 15.6. The van der Waals surface area contributed by atoms with Crippen LogP contribution < -0.4 is 5.32 Å². The van der Waals surface area contributed by atoms with Crippen molar-refractivity contribution in [2.45, 2.75) is 19.0 Å². The molecule has 0 radical (unpaired) electrons. The Balaban J connectivity index is 1.51. The summed E-state index contributed by atoms with van der Waals surface area (Å²) in [6.45, 7) is 3.83. The van der Waals surface area contributed by atoms with Gasteiger partial charge < -0.3 is 5.32 Å². The predicted octanol–water partition coefficient (Wildman–Crippen LogP) is 4.36. The van der Waals surface area contributed by atoms with Crippen molar-refractivity contribution >= 4 is 46.5 Å². The quantitative estimate of drug-likeness (QED) is 0.346. The standard InChI is InChI=1S/C22H18ClN5O2S/c1-13-10-14(2)28-21(24-13)26-27-22(28)31-12-19(29)25-18-9-8-16(23)11-17(18)20(30)15-6-4-3-5-7-15/h3-11H,12H2,1-2H3,(H,25,29). The number of halogens is 1. The van der Waals surface area contributed by atoms with Gasteiger partial charge >= 0.3 is 0 Å². The van der Waals surface area contributed by atoms with Crippen molar-refractivity contribution in [3.63, 3.8) is 0 Å². The van der Waals surface area contributed by atoms with Gasteiger partial charge in [-0.1, -0.05) is 53.7 Å². The minimum Gasteiger partial charge on any atom is -0.325 e. The number of aryl methyl sites for hydroxylation is 2. The van der Waals surface area contributed by atoms with E-state index in [0.29, 0.717) is 32.8 Å². The molecule has 1 amide bonds. The summed E-state index contributed by atoms with van der Waals surface area (Å²) in [4.78, 5) is 29.9. The van der Waals surface area contributed by atoms with Gasteiger partial charge in [0.05, 0.1) is 11.4 Å². The first-order chi connectivity index (χ1) is 14.9. The topological polar surface area (TPSA) is 89.2 Å². The van der Waals surface area contributed by atoms with Crippen molar-refractivity contribution < 1.29 is 9.59 Å². The fourth-order valence-electron chi connectivity index (χ4n) is 3.17. The zero-order valence-electron chi connectivity index (χ0n) is 16.8. The van der Waals surface area contributed by atoms with Gasteiger partial charge in [0.2, 0.25) is 5.91 Å². The SMILES string of the molecule is Cc1cc(C)n2c(SCC(=O)Nc3ccc(Cl)cc3C(=O)c3ccccc3)nnc2n1. The fraction of sp³-hybridized carbons (Fsp3) is 0.136. The van der Waals surface area contributed by atoms with Crippen LogP contribution >= 0.6 is 23.4 Å². The van der Waals surface area contributed by atoms with Gasteiger partial charge in [0.25, 0.3) is 5.78 Å². The number of nitrogens with zero attached hydrogens (tertiary/aromatic N) is 4. The summed E-state index contributed by atoms with van der Waals surface area (Å²) < 4.78 is 1.80. The molecule has 0 unspecified atom stereocenters. The second kappa shape index (κ2) is 8.87. The Morgan fingerprint density at radius 3 is 2.61 bits per heavy atom. The molecule has 0 aliphatic heterocycles. The number of amides is 1. The van der Waals surface area contributed by atoms with Crippen LogP contribution in [0.1, 0.15) is 27.3 Å². The lowest BCUT2D eigenvalue weighted by molar-refractivity contribution is -0.113. The molecular formula is C22H18ClN5O2S. The second-order valence-corrected chi connectivity index (χ2v) is 8.26. The first-order valence-electron chi connectivity index (χ1n) is 9.43. The number of thioether (sulfide) groups is 1.